The molecule has 1 unspecified atom stereocenters. The number of benzene rings is 2. The van der Waals surface area contributed by atoms with Crippen molar-refractivity contribution in [1.82, 2.24) is 0 Å². The number of hydrogen-bond donors (Lipinski definition) is 1. The molecule has 1 saturated heterocycles. The lowest BCUT2D eigenvalue weighted by molar-refractivity contribution is -0.120. The Balaban J connectivity index is 1.18. The Kier molecular flexibility index (Phi) is 3.98. The van der Waals surface area contributed by atoms with E-state index in [1.54, 1.807) is 0 Å². The Morgan fingerprint density at radius 2 is 2.03 bits per heavy atom. The summed E-state index contributed by atoms with van der Waals surface area (Å²) in [7, 11) is 0. The summed E-state index contributed by atoms with van der Waals surface area (Å²) in [4.78, 5) is 19.6. The van der Waals surface area contributed by atoms with E-state index in [1.165, 1.54) is 18.4 Å². The SMILES string of the molecule is O=C1N(c2ccc(C3=CCN=C3)cc2)CCC12Cc1ccc(OCC3CC3)cc1N2. The topological polar surface area (TPSA) is 53.9 Å². The minimum atomic E-state index is -0.531. The predicted octanol–water partition coefficient (Wildman–Crippen LogP) is 4.09. The first-order valence-electron chi connectivity index (χ1n) is 10.9. The third kappa shape index (κ3) is 3.00. The van der Waals surface area contributed by atoms with Gasteiger partial charge in [-0.2, -0.15) is 0 Å². The quantitative estimate of drug-likeness (QED) is 0.824. The zero-order valence-electron chi connectivity index (χ0n) is 16.9. The van der Waals surface area contributed by atoms with Crippen molar-refractivity contribution in [3.05, 3.63) is 59.7 Å². The van der Waals surface area contributed by atoms with Gasteiger partial charge in [0.1, 0.15) is 11.3 Å². The number of nitrogens with one attached hydrogen (secondary N) is 1. The van der Waals surface area contributed by atoms with Gasteiger partial charge in [0.05, 0.1) is 13.2 Å². The van der Waals surface area contributed by atoms with Crippen molar-refractivity contribution in [2.45, 2.75) is 31.2 Å². The number of ether oxygens (including phenoxy) is 1. The highest BCUT2D eigenvalue weighted by molar-refractivity contribution is 6.11. The first-order chi connectivity index (χ1) is 14.7. The smallest absolute Gasteiger partial charge is 0.253 e. The summed E-state index contributed by atoms with van der Waals surface area (Å²) < 4.78 is 5.93. The molecule has 0 radical (unpaired) electrons. The van der Waals surface area contributed by atoms with E-state index >= 15 is 0 Å². The van der Waals surface area contributed by atoms with Crippen LogP contribution in [0.4, 0.5) is 11.4 Å². The molecule has 2 aromatic carbocycles. The van der Waals surface area contributed by atoms with E-state index in [1.807, 2.05) is 29.3 Å². The summed E-state index contributed by atoms with van der Waals surface area (Å²) in [6.07, 6.45) is 8.13. The molecule has 152 valence electrons. The Hall–Kier alpha value is -3.08. The van der Waals surface area contributed by atoms with Crippen LogP contribution in [0.2, 0.25) is 0 Å². The molecular weight excluding hydrogens is 374 g/mol. The van der Waals surface area contributed by atoms with Gasteiger partial charge < -0.3 is 15.0 Å². The van der Waals surface area contributed by atoms with Gasteiger partial charge in [-0.25, -0.2) is 0 Å². The predicted molar refractivity (Wildman–Crippen MR) is 119 cm³/mol. The van der Waals surface area contributed by atoms with Crippen molar-refractivity contribution in [2.75, 3.05) is 29.9 Å². The van der Waals surface area contributed by atoms with Crippen molar-refractivity contribution in [2.24, 2.45) is 10.9 Å². The molecule has 1 atom stereocenters. The molecule has 1 amide bonds. The summed E-state index contributed by atoms with van der Waals surface area (Å²) in [5, 5.41) is 3.56. The van der Waals surface area contributed by atoms with E-state index in [4.69, 9.17) is 4.74 Å². The lowest BCUT2D eigenvalue weighted by Crippen LogP contribution is -2.45. The van der Waals surface area contributed by atoms with Crippen LogP contribution < -0.4 is 15.0 Å². The molecule has 1 spiro atoms. The van der Waals surface area contributed by atoms with Gasteiger partial charge in [0.25, 0.3) is 5.91 Å². The number of carbonyl (C=O) groups excluding carboxylic acids is 1. The average molecular weight is 399 g/mol. The second-order valence-corrected chi connectivity index (χ2v) is 8.86. The Morgan fingerprint density at radius 1 is 1.17 bits per heavy atom. The number of allylic oxidation sites excluding steroid dienone is 1. The van der Waals surface area contributed by atoms with E-state index < -0.39 is 5.54 Å². The van der Waals surface area contributed by atoms with Crippen LogP contribution in [0.3, 0.4) is 0 Å². The number of hydrogen-bond acceptors (Lipinski definition) is 4. The summed E-state index contributed by atoms with van der Waals surface area (Å²) >= 11 is 0. The van der Waals surface area contributed by atoms with Crippen LogP contribution in [0, 0.1) is 5.92 Å². The Bertz CT molecular complexity index is 1070. The summed E-state index contributed by atoms with van der Waals surface area (Å²) in [6.45, 7) is 2.29. The van der Waals surface area contributed by atoms with Crippen LogP contribution in [-0.4, -0.2) is 37.4 Å². The number of nitrogens with zero attached hydrogens (tertiary/aromatic N) is 2. The Labute approximate surface area is 176 Å². The van der Waals surface area contributed by atoms with Gasteiger partial charge in [-0.15, -0.1) is 0 Å². The fraction of sp³-hybridized carbons (Fsp3) is 0.360. The normalized spacial score (nSPS) is 24.3. The van der Waals surface area contributed by atoms with Crippen molar-refractivity contribution in [1.29, 1.82) is 0 Å². The molecule has 4 aliphatic rings. The van der Waals surface area contributed by atoms with Gasteiger partial charge in [-0.1, -0.05) is 24.3 Å². The fourth-order valence-corrected chi connectivity index (χ4v) is 4.72. The monoisotopic (exact) mass is 399 g/mol. The van der Waals surface area contributed by atoms with Crippen molar-refractivity contribution >= 4 is 29.1 Å². The number of fused-ring (bicyclic) bond motifs is 1. The maximum atomic E-state index is 13.4. The minimum absolute atomic E-state index is 0.161. The second-order valence-electron chi connectivity index (χ2n) is 8.86. The molecule has 2 fully saturated rings. The van der Waals surface area contributed by atoms with E-state index in [2.05, 4.69) is 40.7 Å². The van der Waals surface area contributed by atoms with Gasteiger partial charge >= 0.3 is 0 Å². The van der Waals surface area contributed by atoms with E-state index in [-0.39, 0.29) is 5.91 Å². The van der Waals surface area contributed by atoms with Crippen molar-refractivity contribution in [3.8, 4) is 5.75 Å². The highest BCUT2D eigenvalue weighted by Gasteiger charge is 2.50. The minimum Gasteiger partial charge on any atom is -0.493 e. The summed E-state index contributed by atoms with van der Waals surface area (Å²) in [5.74, 6) is 1.78. The molecule has 1 saturated carbocycles. The molecule has 3 aliphatic heterocycles. The van der Waals surface area contributed by atoms with Crippen molar-refractivity contribution < 1.29 is 9.53 Å². The average Bonchev–Trinajstić information content (AvgIpc) is 3.17. The number of amides is 1. The van der Waals surface area contributed by atoms with Gasteiger partial charge in [0, 0.05) is 36.6 Å². The largest absolute Gasteiger partial charge is 0.493 e. The highest BCUT2D eigenvalue weighted by Crippen LogP contribution is 2.42. The number of anilines is 2. The zero-order chi connectivity index (χ0) is 20.1. The highest BCUT2D eigenvalue weighted by atomic mass is 16.5. The molecule has 5 nitrogen and oxygen atoms in total. The molecule has 6 rings (SSSR count). The lowest BCUT2D eigenvalue weighted by atomic mass is 9.93. The van der Waals surface area contributed by atoms with Gasteiger partial charge in [-0.05, 0) is 60.1 Å². The van der Waals surface area contributed by atoms with Crippen LogP contribution in [0.1, 0.15) is 30.4 Å². The molecule has 30 heavy (non-hydrogen) atoms. The first-order valence-corrected chi connectivity index (χ1v) is 10.9. The van der Waals surface area contributed by atoms with Gasteiger partial charge in [0.15, 0.2) is 0 Å². The van der Waals surface area contributed by atoms with Gasteiger partial charge in [-0.3, -0.25) is 9.79 Å². The molecule has 0 aromatic heterocycles. The molecule has 5 heteroatoms. The zero-order valence-corrected chi connectivity index (χ0v) is 16.9. The maximum Gasteiger partial charge on any atom is 0.253 e. The van der Waals surface area contributed by atoms with Gasteiger partial charge in [0.2, 0.25) is 0 Å². The number of rotatable bonds is 5. The van der Waals surface area contributed by atoms with Crippen LogP contribution in [0.15, 0.2) is 53.5 Å². The lowest BCUT2D eigenvalue weighted by Gasteiger charge is -2.24. The maximum absolute atomic E-state index is 13.4. The third-order valence-corrected chi connectivity index (χ3v) is 6.71. The first kappa shape index (κ1) is 17.8. The van der Waals surface area contributed by atoms with Crippen LogP contribution in [0.25, 0.3) is 5.57 Å². The molecule has 1 aliphatic carbocycles. The summed E-state index contributed by atoms with van der Waals surface area (Å²) in [6, 6.07) is 14.5. The van der Waals surface area contributed by atoms with Crippen molar-refractivity contribution in [3.63, 3.8) is 0 Å². The molecular formula is C25H25N3O2. The summed E-state index contributed by atoms with van der Waals surface area (Å²) in [5.41, 5.74) is 4.97. The fourth-order valence-electron chi connectivity index (χ4n) is 4.72. The molecule has 0 bridgehead atoms. The number of aliphatic imine (C=N–C) groups is 1. The van der Waals surface area contributed by atoms with Crippen LogP contribution >= 0.6 is 0 Å². The second kappa shape index (κ2) is 6.73. The van der Waals surface area contributed by atoms with E-state index in [9.17, 15) is 4.79 Å². The Morgan fingerprint density at radius 3 is 2.80 bits per heavy atom. The van der Waals surface area contributed by atoms with Crippen LogP contribution in [-0.2, 0) is 11.2 Å². The number of carbonyl (C=O) groups is 1. The van der Waals surface area contributed by atoms with E-state index in [0.717, 1.165) is 66.7 Å². The molecule has 3 heterocycles. The van der Waals surface area contributed by atoms with E-state index in [0.29, 0.717) is 0 Å². The molecule has 1 N–H and O–H groups in total. The molecule has 2 aromatic rings. The van der Waals surface area contributed by atoms with Crippen LogP contribution in [0.5, 0.6) is 5.75 Å². The third-order valence-electron chi connectivity index (χ3n) is 6.71. The standard InChI is InChI=1S/C25H25N3O2/c29-24-25(14-19-5-8-22(13-23(19)27-25)30-16-17-1-2-17)10-12-28(24)21-6-3-18(4-7-21)20-9-11-26-15-20/h3-9,13,15,17,27H,1-2,10-12,14,16H2.